The Labute approximate surface area is 144 Å². The van der Waals surface area contributed by atoms with E-state index in [2.05, 4.69) is 12.2 Å². The molecule has 2 atom stereocenters. The summed E-state index contributed by atoms with van der Waals surface area (Å²) in [4.78, 5) is 13.6. The topological polar surface area (TPSA) is 61.2 Å². The lowest BCUT2D eigenvalue weighted by atomic mass is 10.0. The van der Waals surface area contributed by atoms with Crippen molar-refractivity contribution in [2.45, 2.75) is 26.3 Å². The molecule has 2 N–H and O–H groups in total. The average Bonchev–Trinajstić information content (AvgIpc) is 2.58. The minimum Gasteiger partial charge on any atom is -0.493 e. The Bertz CT molecular complexity index is 537. The molecule has 1 heterocycles. The summed E-state index contributed by atoms with van der Waals surface area (Å²) in [5.41, 5.74) is 0.917. The van der Waals surface area contributed by atoms with Crippen molar-refractivity contribution in [3.63, 3.8) is 0 Å². The van der Waals surface area contributed by atoms with Gasteiger partial charge in [-0.1, -0.05) is 6.92 Å². The lowest BCUT2D eigenvalue weighted by molar-refractivity contribution is -0.900. The van der Waals surface area contributed by atoms with Crippen molar-refractivity contribution in [3.8, 4) is 17.2 Å². The van der Waals surface area contributed by atoms with Crippen molar-refractivity contribution in [1.82, 2.24) is 5.32 Å². The Hall–Kier alpha value is -1.95. The fourth-order valence-corrected chi connectivity index (χ4v) is 3.29. The number of carbonyl (C=O) groups is 1. The van der Waals surface area contributed by atoms with Crippen LogP contribution in [0.4, 0.5) is 0 Å². The third-order valence-corrected chi connectivity index (χ3v) is 4.49. The van der Waals surface area contributed by atoms with Gasteiger partial charge >= 0.3 is 0 Å². The molecule has 1 unspecified atom stereocenters. The van der Waals surface area contributed by atoms with Crippen LogP contribution in [0.3, 0.4) is 0 Å². The van der Waals surface area contributed by atoms with Crippen molar-refractivity contribution in [2.75, 3.05) is 41.0 Å². The quantitative estimate of drug-likeness (QED) is 0.767. The summed E-state index contributed by atoms with van der Waals surface area (Å²) in [6.45, 7) is 5.40. The van der Waals surface area contributed by atoms with Crippen molar-refractivity contribution >= 4 is 5.91 Å². The van der Waals surface area contributed by atoms with Crippen LogP contribution in [-0.4, -0.2) is 46.9 Å². The highest BCUT2D eigenvalue weighted by Gasteiger charge is 2.22. The lowest BCUT2D eigenvalue weighted by Crippen LogP contribution is -3.14. The molecule has 1 aromatic carbocycles. The smallest absolute Gasteiger partial charge is 0.275 e. The zero-order valence-electron chi connectivity index (χ0n) is 15.1. The van der Waals surface area contributed by atoms with Crippen LogP contribution in [0.5, 0.6) is 17.2 Å². The summed E-state index contributed by atoms with van der Waals surface area (Å²) in [6, 6.07) is 3.72. The minimum atomic E-state index is 0.0767. The van der Waals surface area contributed by atoms with Gasteiger partial charge in [-0.25, -0.2) is 0 Å². The molecule has 0 radical (unpaired) electrons. The van der Waals surface area contributed by atoms with Crippen LogP contribution in [0.15, 0.2) is 12.1 Å². The van der Waals surface area contributed by atoms with E-state index in [9.17, 15) is 4.79 Å². The van der Waals surface area contributed by atoms with Crippen LogP contribution in [-0.2, 0) is 11.3 Å². The van der Waals surface area contributed by atoms with Gasteiger partial charge in [0.25, 0.3) is 5.91 Å². The Balaban J connectivity index is 1.94. The van der Waals surface area contributed by atoms with Gasteiger partial charge in [0, 0.05) is 12.5 Å². The summed E-state index contributed by atoms with van der Waals surface area (Å²) in [5.74, 6) is 2.53. The lowest BCUT2D eigenvalue weighted by Gasteiger charge is -2.27. The Morgan fingerprint density at radius 2 is 1.88 bits per heavy atom. The van der Waals surface area contributed by atoms with E-state index in [1.165, 1.54) is 17.7 Å². The summed E-state index contributed by atoms with van der Waals surface area (Å²) < 4.78 is 16.0. The fraction of sp³-hybridized carbons (Fsp3) is 0.611. The van der Waals surface area contributed by atoms with Gasteiger partial charge in [-0.3, -0.25) is 4.79 Å². The van der Waals surface area contributed by atoms with Crippen LogP contribution in [0.1, 0.15) is 25.3 Å². The van der Waals surface area contributed by atoms with Crippen molar-refractivity contribution in [1.29, 1.82) is 0 Å². The normalized spacial score (nSPS) is 20.3. The van der Waals surface area contributed by atoms with Crippen molar-refractivity contribution in [2.24, 2.45) is 5.92 Å². The number of piperidine rings is 1. The van der Waals surface area contributed by atoms with Gasteiger partial charge in [0.2, 0.25) is 5.75 Å². The molecule has 24 heavy (non-hydrogen) atoms. The van der Waals surface area contributed by atoms with E-state index < -0.39 is 0 Å². The Morgan fingerprint density at radius 1 is 1.21 bits per heavy atom. The zero-order valence-corrected chi connectivity index (χ0v) is 15.1. The SMILES string of the molecule is COc1cc(CNC(=O)C[NH+]2CCC[C@H](C)C2)cc(OC)c1OC. The molecule has 1 fully saturated rings. The van der Waals surface area contributed by atoms with Gasteiger partial charge in [-0.2, -0.15) is 0 Å². The first kappa shape index (κ1) is 18.4. The standard InChI is InChI=1S/C18H28N2O4/c1-13-6-5-7-20(11-13)12-17(21)19-10-14-8-15(22-2)18(24-4)16(9-14)23-3/h8-9,13H,5-7,10-12H2,1-4H3,(H,19,21)/p+1/t13-/m0/s1. The van der Waals surface area contributed by atoms with E-state index in [0.29, 0.717) is 36.3 Å². The van der Waals surface area contributed by atoms with Gasteiger partial charge in [-0.15, -0.1) is 0 Å². The molecule has 0 bridgehead atoms. The highest BCUT2D eigenvalue weighted by atomic mass is 16.5. The molecular formula is C18H29N2O4+. The Kier molecular flexibility index (Phi) is 6.73. The second kappa shape index (κ2) is 8.78. The third-order valence-electron chi connectivity index (χ3n) is 4.49. The predicted molar refractivity (Wildman–Crippen MR) is 91.9 cm³/mol. The van der Waals surface area contributed by atoms with Gasteiger partial charge in [-0.05, 0) is 30.5 Å². The molecule has 0 spiro atoms. The van der Waals surface area contributed by atoms with Gasteiger partial charge < -0.3 is 24.4 Å². The molecule has 2 rings (SSSR count). The third kappa shape index (κ3) is 4.77. The summed E-state index contributed by atoms with van der Waals surface area (Å²) in [7, 11) is 4.74. The van der Waals surface area contributed by atoms with E-state index in [1.54, 1.807) is 21.3 Å². The van der Waals surface area contributed by atoms with E-state index in [4.69, 9.17) is 14.2 Å². The highest BCUT2D eigenvalue weighted by Crippen LogP contribution is 2.38. The molecule has 6 heteroatoms. The molecule has 1 saturated heterocycles. The molecule has 0 saturated carbocycles. The maximum atomic E-state index is 12.2. The van der Waals surface area contributed by atoms with Crippen molar-refractivity contribution < 1.29 is 23.9 Å². The largest absolute Gasteiger partial charge is 0.493 e. The van der Waals surface area contributed by atoms with Crippen LogP contribution in [0.25, 0.3) is 0 Å². The number of nitrogens with one attached hydrogen (secondary N) is 2. The molecule has 0 aromatic heterocycles. The summed E-state index contributed by atoms with van der Waals surface area (Å²) in [6.07, 6.45) is 2.48. The summed E-state index contributed by atoms with van der Waals surface area (Å²) in [5, 5.41) is 2.99. The molecule has 0 aliphatic carbocycles. The summed E-state index contributed by atoms with van der Waals surface area (Å²) >= 11 is 0. The number of hydrogen-bond acceptors (Lipinski definition) is 4. The van der Waals surface area contributed by atoms with E-state index in [-0.39, 0.29) is 5.91 Å². The van der Waals surface area contributed by atoms with Crippen molar-refractivity contribution in [3.05, 3.63) is 17.7 Å². The average molecular weight is 337 g/mol. The molecule has 1 amide bonds. The van der Waals surface area contributed by atoms with Crippen LogP contribution in [0.2, 0.25) is 0 Å². The highest BCUT2D eigenvalue weighted by molar-refractivity contribution is 5.76. The first-order valence-electron chi connectivity index (χ1n) is 8.46. The maximum Gasteiger partial charge on any atom is 0.275 e. The van der Waals surface area contributed by atoms with Crippen LogP contribution >= 0.6 is 0 Å². The van der Waals surface area contributed by atoms with Gasteiger partial charge in [0.05, 0.1) is 34.4 Å². The van der Waals surface area contributed by atoms with E-state index in [1.807, 2.05) is 12.1 Å². The number of rotatable bonds is 7. The first-order valence-corrected chi connectivity index (χ1v) is 8.46. The molecule has 1 aliphatic rings. The molecular weight excluding hydrogens is 308 g/mol. The fourth-order valence-electron chi connectivity index (χ4n) is 3.29. The second-order valence-electron chi connectivity index (χ2n) is 6.44. The number of benzene rings is 1. The number of hydrogen-bond donors (Lipinski definition) is 2. The first-order chi connectivity index (χ1) is 11.6. The number of ether oxygens (including phenoxy) is 3. The van der Waals surface area contributed by atoms with Crippen LogP contribution < -0.4 is 24.4 Å². The van der Waals surface area contributed by atoms with Crippen LogP contribution in [0, 0.1) is 5.92 Å². The molecule has 1 aromatic rings. The molecule has 6 nitrogen and oxygen atoms in total. The van der Waals surface area contributed by atoms with Gasteiger partial charge in [0.15, 0.2) is 18.0 Å². The maximum absolute atomic E-state index is 12.2. The monoisotopic (exact) mass is 337 g/mol. The second-order valence-corrected chi connectivity index (χ2v) is 6.44. The minimum absolute atomic E-state index is 0.0767. The number of carbonyl (C=O) groups excluding carboxylic acids is 1. The molecule has 134 valence electrons. The predicted octanol–water partition coefficient (Wildman–Crippen LogP) is 0.643. The number of quaternary nitrogens is 1. The van der Waals surface area contributed by atoms with E-state index >= 15 is 0 Å². The zero-order chi connectivity index (χ0) is 17.5. The number of methoxy groups -OCH3 is 3. The number of likely N-dealkylation sites (tertiary alicyclic amines) is 1. The number of amides is 1. The molecule has 1 aliphatic heterocycles. The van der Waals surface area contributed by atoms with E-state index in [0.717, 1.165) is 18.7 Å². The Morgan fingerprint density at radius 3 is 2.42 bits per heavy atom. The van der Waals surface area contributed by atoms with Gasteiger partial charge in [0.1, 0.15) is 0 Å².